The second-order valence-electron chi connectivity index (χ2n) is 7.03. The second kappa shape index (κ2) is 6.83. The summed E-state index contributed by atoms with van der Waals surface area (Å²) >= 11 is 0. The number of nitrogens with one attached hydrogen (secondary N) is 3. The van der Waals surface area contributed by atoms with Gasteiger partial charge >= 0.3 is 0 Å². The van der Waals surface area contributed by atoms with Gasteiger partial charge in [0.15, 0.2) is 0 Å². The summed E-state index contributed by atoms with van der Waals surface area (Å²) in [5.74, 6) is 0.0271. The maximum atomic E-state index is 12.6. The average Bonchev–Trinajstić information content (AvgIpc) is 3.16. The standard InChI is InChI=1S/C20H21N5O2/c1-11-6-17(11)24-19(26)13-8-14(23-18(9-13)20(27)21-2)7-12-4-3-5-16-15(12)10-22-25-16/h3-5,8-11,17H,6-7H2,1-2H3,(H,21,27)(H,22,25)(H,24,26)/t11-,17-/m0/s1. The summed E-state index contributed by atoms with van der Waals surface area (Å²) < 4.78 is 0. The summed E-state index contributed by atoms with van der Waals surface area (Å²) in [7, 11) is 1.55. The van der Waals surface area contributed by atoms with Crippen LogP contribution in [0.1, 0.15) is 45.4 Å². The van der Waals surface area contributed by atoms with Crippen molar-refractivity contribution >= 4 is 22.7 Å². The Kier molecular flexibility index (Phi) is 4.35. The third-order valence-corrected chi connectivity index (χ3v) is 4.97. The third-order valence-electron chi connectivity index (χ3n) is 4.97. The Morgan fingerprint density at radius 2 is 2.07 bits per heavy atom. The molecule has 0 radical (unpaired) electrons. The van der Waals surface area contributed by atoms with E-state index in [-0.39, 0.29) is 23.6 Å². The molecule has 27 heavy (non-hydrogen) atoms. The SMILES string of the molecule is CNC(=O)c1cc(C(=O)N[C@H]2C[C@@H]2C)cc(Cc2cccc3[nH]ncc23)n1. The lowest BCUT2D eigenvalue weighted by Gasteiger charge is -2.10. The highest BCUT2D eigenvalue weighted by Crippen LogP contribution is 2.29. The van der Waals surface area contributed by atoms with E-state index >= 15 is 0 Å². The van der Waals surface area contributed by atoms with Gasteiger partial charge < -0.3 is 10.6 Å². The highest BCUT2D eigenvalue weighted by Gasteiger charge is 2.34. The van der Waals surface area contributed by atoms with Crippen LogP contribution in [0.15, 0.2) is 36.5 Å². The van der Waals surface area contributed by atoms with E-state index in [9.17, 15) is 9.59 Å². The van der Waals surface area contributed by atoms with Crippen molar-refractivity contribution in [1.29, 1.82) is 0 Å². The molecule has 4 rings (SSSR count). The minimum absolute atomic E-state index is 0.167. The van der Waals surface area contributed by atoms with E-state index in [0.717, 1.165) is 22.9 Å². The van der Waals surface area contributed by atoms with Gasteiger partial charge in [-0.05, 0) is 36.1 Å². The zero-order valence-corrected chi connectivity index (χ0v) is 15.2. The van der Waals surface area contributed by atoms with Crippen molar-refractivity contribution in [2.45, 2.75) is 25.8 Å². The van der Waals surface area contributed by atoms with Crippen LogP contribution in [-0.4, -0.2) is 40.1 Å². The van der Waals surface area contributed by atoms with Gasteiger partial charge in [-0.2, -0.15) is 5.10 Å². The number of aromatic amines is 1. The molecule has 138 valence electrons. The fourth-order valence-corrected chi connectivity index (χ4v) is 3.21. The largest absolute Gasteiger partial charge is 0.354 e. The van der Waals surface area contributed by atoms with Crippen LogP contribution in [0.3, 0.4) is 0 Å². The van der Waals surface area contributed by atoms with Gasteiger partial charge in [0.1, 0.15) is 5.69 Å². The van der Waals surface area contributed by atoms with Gasteiger partial charge in [0.2, 0.25) is 0 Å². The quantitative estimate of drug-likeness (QED) is 0.646. The molecule has 3 aromatic rings. The van der Waals surface area contributed by atoms with E-state index in [0.29, 0.717) is 23.6 Å². The number of hydrogen-bond acceptors (Lipinski definition) is 4. The summed E-state index contributed by atoms with van der Waals surface area (Å²) in [4.78, 5) is 29.2. The molecule has 1 aliphatic rings. The topological polar surface area (TPSA) is 99.8 Å². The van der Waals surface area contributed by atoms with Gasteiger partial charge in [0.25, 0.3) is 11.8 Å². The fourth-order valence-electron chi connectivity index (χ4n) is 3.21. The maximum Gasteiger partial charge on any atom is 0.269 e. The molecule has 1 aliphatic carbocycles. The molecule has 1 aromatic carbocycles. The molecule has 3 N–H and O–H groups in total. The molecule has 0 saturated heterocycles. The Hall–Kier alpha value is -3.22. The smallest absolute Gasteiger partial charge is 0.269 e. The van der Waals surface area contributed by atoms with Crippen LogP contribution in [0.25, 0.3) is 10.9 Å². The Labute approximate surface area is 156 Å². The lowest BCUT2D eigenvalue weighted by atomic mass is 10.0. The monoisotopic (exact) mass is 363 g/mol. The molecule has 7 heteroatoms. The Morgan fingerprint density at radius 1 is 1.26 bits per heavy atom. The van der Waals surface area contributed by atoms with Crippen molar-refractivity contribution in [2.24, 2.45) is 5.92 Å². The third kappa shape index (κ3) is 3.53. The highest BCUT2D eigenvalue weighted by molar-refractivity contribution is 5.99. The number of H-pyrrole nitrogens is 1. The summed E-state index contributed by atoms with van der Waals surface area (Å²) in [6.07, 6.45) is 3.27. The number of benzene rings is 1. The minimum Gasteiger partial charge on any atom is -0.354 e. The first kappa shape index (κ1) is 17.2. The summed E-state index contributed by atoms with van der Waals surface area (Å²) in [5, 5.41) is 13.6. The molecule has 2 amide bonds. The number of nitrogens with zero attached hydrogens (tertiary/aromatic N) is 2. The normalized spacial score (nSPS) is 18.3. The highest BCUT2D eigenvalue weighted by atomic mass is 16.2. The number of amides is 2. The van der Waals surface area contributed by atoms with E-state index in [4.69, 9.17) is 0 Å². The molecule has 0 unspecified atom stereocenters. The first-order chi connectivity index (χ1) is 13.0. The van der Waals surface area contributed by atoms with E-state index in [2.05, 4.69) is 32.7 Å². The van der Waals surface area contributed by atoms with E-state index in [1.807, 2.05) is 18.2 Å². The van der Waals surface area contributed by atoms with E-state index in [1.54, 1.807) is 25.4 Å². The van der Waals surface area contributed by atoms with E-state index in [1.165, 1.54) is 0 Å². The molecule has 1 fully saturated rings. The van der Waals surface area contributed by atoms with Crippen molar-refractivity contribution in [2.75, 3.05) is 7.05 Å². The lowest BCUT2D eigenvalue weighted by Crippen LogP contribution is -2.28. The number of carbonyl (C=O) groups is 2. The van der Waals surface area contributed by atoms with E-state index < -0.39 is 0 Å². The Bertz CT molecular complexity index is 1030. The van der Waals surface area contributed by atoms with Gasteiger partial charge in [-0.3, -0.25) is 14.7 Å². The number of pyridine rings is 1. The molecule has 7 nitrogen and oxygen atoms in total. The first-order valence-corrected chi connectivity index (χ1v) is 9.00. The van der Waals surface area contributed by atoms with Crippen LogP contribution < -0.4 is 10.6 Å². The van der Waals surface area contributed by atoms with Gasteiger partial charge in [0, 0.05) is 36.2 Å². The van der Waals surface area contributed by atoms with Crippen LogP contribution in [-0.2, 0) is 6.42 Å². The fraction of sp³-hybridized carbons (Fsp3) is 0.300. The summed E-state index contributed by atoms with van der Waals surface area (Å²) in [6.45, 7) is 2.10. The van der Waals surface area contributed by atoms with Crippen LogP contribution in [0.5, 0.6) is 0 Å². The first-order valence-electron chi connectivity index (χ1n) is 9.00. The summed E-state index contributed by atoms with van der Waals surface area (Å²) in [5.41, 5.74) is 3.33. The van der Waals surface area contributed by atoms with Crippen molar-refractivity contribution < 1.29 is 9.59 Å². The lowest BCUT2D eigenvalue weighted by molar-refractivity contribution is 0.0949. The predicted octanol–water partition coefficient (Wildman–Crippen LogP) is 2.05. The van der Waals surface area contributed by atoms with Gasteiger partial charge in [0.05, 0.1) is 11.7 Å². The molecule has 1 saturated carbocycles. The second-order valence-corrected chi connectivity index (χ2v) is 7.03. The average molecular weight is 363 g/mol. The van der Waals surface area contributed by atoms with Crippen molar-refractivity contribution in [3.8, 4) is 0 Å². The van der Waals surface area contributed by atoms with Gasteiger partial charge in [-0.1, -0.05) is 19.1 Å². The molecule has 0 bridgehead atoms. The number of fused-ring (bicyclic) bond motifs is 1. The predicted molar refractivity (Wildman–Crippen MR) is 102 cm³/mol. The Balaban J connectivity index is 1.68. The number of aromatic nitrogens is 3. The van der Waals surface area contributed by atoms with Crippen LogP contribution in [0.4, 0.5) is 0 Å². The van der Waals surface area contributed by atoms with Crippen molar-refractivity contribution in [3.63, 3.8) is 0 Å². The number of rotatable bonds is 5. The molecule has 0 spiro atoms. The zero-order chi connectivity index (χ0) is 19.0. The molecule has 2 aromatic heterocycles. The molecular formula is C20H21N5O2. The number of hydrogen-bond donors (Lipinski definition) is 3. The van der Waals surface area contributed by atoms with Crippen LogP contribution >= 0.6 is 0 Å². The minimum atomic E-state index is -0.313. The van der Waals surface area contributed by atoms with Crippen molar-refractivity contribution in [3.05, 3.63) is 59.0 Å². The van der Waals surface area contributed by atoms with Gasteiger partial charge in [-0.15, -0.1) is 0 Å². The molecule has 2 atom stereocenters. The van der Waals surface area contributed by atoms with Crippen LogP contribution in [0.2, 0.25) is 0 Å². The van der Waals surface area contributed by atoms with Crippen molar-refractivity contribution in [1.82, 2.24) is 25.8 Å². The molecular weight excluding hydrogens is 342 g/mol. The number of carbonyl (C=O) groups excluding carboxylic acids is 2. The van der Waals surface area contributed by atoms with Gasteiger partial charge in [-0.25, -0.2) is 4.98 Å². The molecule has 0 aliphatic heterocycles. The zero-order valence-electron chi connectivity index (χ0n) is 15.2. The molecule has 2 heterocycles. The van der Waals surface area contributed by atoms with Crippen LogP contribution in [0, 0.1) is 5.92 Å². The maximum absolute atomic E-state index is 12.6. The summed E-state index contributed by atoms with van der Waals surface area (Å²) in [6, 6.07) is 9.42. The Morgan fingerprint density at radius 3 is 2.81 bits per heavy atom.